The van der Waals surface area contributed by atoms with Crippen molar-refractivity contribution in [1.82, 2.24) is 15.1 Å². The fourth-order valence-electron chi connectivity index (χ4n) is 2.30. The number of hydrogen-bond acceptors (Lipinski definition) is 2. The summed E-state index contributed by atoms with van der Waals surface area (Å²) in [5.74, 6) is 0. The van der Waals surface area contributed by atoms with Gasteiger partial charge in [-0.15, -0.1) is 0 Å². The maximum atomic E-state index is 4.39. The SMILES string of the molecule is CCn1ncc(Br)c1C(NC)c1cc(C)cc(Br)c1. The average molecular weight is 387 g/mol. The molecule has 0 saturated carbocycles. The molecule has 1 aromatic carbocycles. The van der Waals surface area contributed by atoms with E-state index in [9.17, 15) is 0 Å². The lowest BCUT2D eigenvalue weighted by molar-refractivity contribution is 0.561. The summed E-state index contributed by atoms with van der Waals surface area (Å²) in [4.78, 5) is 0. The predicted molar refractivity (Wildman–Crippen MR) is 85.4 cm³/mol. The maximum absolute atomic E-state index is 4.39. The van der Waals surface area contributed by atoms with E-state index in [0.717, 1.165) is 21.2 Å². The second-order valence-electron chi connectivity index (χ2n) is 4.48. The number of nitrogens with zero attached hydrogens (tertiary/aromatic N) is 2. The molecular weight excluding hydrogens is 370 g/mol. The fourth-order valence-corrected chi connectivity index (χ4v) is 3.45. The van der Waals surface area contributed by atoms with Crippen LogP contribution in [0.4, 0.5) is 0 Å². The Kier molecular flexibility index (Phi) is 4.81. The maximum Gasteiger partial charge on any atom is 0.0757 e. The van der Waals surface area contributed by atoms with Crippen molar-refractivity contribution in [1.29, 1.82) is 0 Å². The molecule has 0 aliphatic heterocycles. The number of aromatic nitrogens is 2. The molecule has 1 atom stereocenters. The highest BCUT2D eigenvalue weighted by Crippen LogP contribution is 2.30. The molecule has 5 heteroatoms. The zero-order chi connectivity index (χ0) is 14.0. The van der Waals surface area contributed by atoms with E-state index in [1.165, 1.54) is 11.1 Å². The van der Waals surface area contributed by atoms with Gasteiger partial charge in [-0.1, -0.05) is 22.0 Å². The molecule has 0 aliphatic rings. The minimum Gasteiger partial charge on any atom is -0.308 e. The van der Waals surface area contributed by atoms with Crippen LogP contribution in [0.2, 0.25) is 0 Å². The molecule has 1 aromatic heterocycles. The van der Waals surface area contributed by atoms with Gasteiger partial charge < -0.3 is 5.32 Å². The summed E-state index contributed by atoms with van der Waals surface area (Å²) in [7, 11) is 1.97. The fraction of sp³-hybridized carbons (Fsp3) is 0.357. The topological polar surface area (TPSA) is 29.9 Å². The van der Waals surface area contributed by atoms with Gasteiger partial charge in [0.25, 0.3) is 0 Å². The van der Waals surface area contributed by atoms with Gasteiger partial charge >= 0.3 is 0 Å². The molecule has 19 heavy (non-hydrogen) atoms. The lowest BCUT2D eigenvalue weighted by atomic mass is 10.0. The molecule has 0 fully saturated rings. The van der Waals surface area contributed by atoms with Crippen LogP contribution in [0.5, 0.6) is 0 Å². The van der Waals surface area contributed by atoms with Crippen LogP contribution < -0.4 is 5.32 Å². The van der Waals surface area contributed by atoms with Crippen LogP contribution in [-0.2, 0) is 6.54 Å². The number of rotatable bonds is 4. The molecule has 0 saturated heterocycles. The van der Waals surface area contributed by atoms with Crippen molar-refractivity contribution in [3.63, 3.8) is 0 Å². The molecule has 0 spiro atoms. The first-order chi connectivity index (χ1) is 9.06. The highest BCUT2D eigenvalue weighted by atomic mass is 79.9. The van der Waals surface area contributed by atoms with Gasteiger partial charge in [-0.05, 0) is 60.1 Å². The summed E-state index contributed by atoms with van der Waals surface area (Å²) in [6, 6.07) is 6.58. The van der Waals surface area contributed by atoms with Crippen LogP contribution >= 0.6 is 31.9 Å². The lowest BCUT2D eigenvalue weighted by Crippen LogP contribution is -2.22. The van der Waals surface area contributed by atoms with Crippen LogP contribution in [0, 0.1) is 6.92 Å². The predicted octanol–water partition coefficient (Wildman–Crippen LogP) is 4.05. The Morgan fingerprint density at radius 3 is 2.63 bits per heavy atom. The van der Waals surface area contributed by atoms with Crippen LogP contribution in [0.25, 0.3) is 0 Å². The van der Waals surface area contributed by atoms with Crippen LogP contribution in [-0.4, -0.2) is 16.8 Å². The summed E-state index contributed by atoms with van der Waals surface area (Å²) in [5.41, 5.74) is 3.62. The van der Waals surface area contributed by atoms with Crippen molar-refractivity contribution in [3.8, 4) is 0 Å². The standard InChI is InChI=1S/C14H17Br2N3/c1-4-19-14(12(16)8-18-19)13(17-3)10-5-9(2)6-11(15)7-10/h5-8,13,17H,4H2,1-3H3. The second-order valence-corrected chi connectivity index (χ2v) is 6.25. The Labute approximate surface area is 130 Å². The van der Waals surface area contributed by atoms with E-state index in [4.69, 9.17) is 0 Å². The van der Waals surface area contributed by atoms with E-state index in [-0.39, 0.29) is 6.04 Å². The van der Waals surface area contributed by atoms with Gasteiger partial charge in [-0.3, -0.25) is 4.68 Å². The molecule has 0 bridgehead atoms. The number of hydrogen-bond donors (Lipinski definition) is 1. The van der Waals surface area contributed by atoms with Gasteiger partial charge in [-0.25, -0.2) is 0 Å². The minimum atomic E-state index is 0.119. The largest absolute Gasteiger partial charge is 0.308 e. The first-order valence-corrected chi connectivity index (χ1v) is 7.81. The molecule has 2 aromatic rings. The van der Waals surface area contributed by atoms with E-state index in [1.54, 1.807) is 0 Å². The smallest absolute Gasteiger partial charge is 0.0757 e. The minimum absolute atomic E-state index is 0.119. The molecule has 0 radical (unpaired) electrons. The van der Waals surface area contributed by atoms with Crippen molar-refractivity contribution in [2.24, 2.45) is 0 Å². The van der Waals surface area contributed by atoms with E-state index >= 15 is 0 Å². The Bertz CT molecular complexity index is 558. The summed E-state index contributed by atoms with van der Waals surface area (Å²) < 4.78 is 4.15. The van der Waals surface area contributed by atoms with Gasteiger partial charge in [0, 0.05) is 11.0 Å². The van der Waals surface area contributed by atoms with Gasteiger partial charge in [0.05, 0.1) is 22.4 Å². The number of halogens is 2. The highest BCUT2D eigenvalue weighted by Gasteiger charge is 2.20. The third kappa shape index (κ3) is 3.09. The molecule has 1 heterocycles. The van der Waals surface area contributed by atoms with E-state index in [2.05, 4.69) is 74.3 Å². The van der Waals surface area contributed by atoms with Crippen LogP contribution in [0.15, 0.2) is 33.3 Å². The molecule has 3 nitrogen and oxygen atoms in total. The molecule has 0 aliphatic carbocycles. The molecule has 1 unspecified atom stereocenters. The summed E-state index contributed by atoms with van der Waals surface area (Å²) in [6.45, 7) is 5.06. The number of aryl methyl sites for hydroxylation is 2. The van der Waals surface area contributed by atoms with Crippen molar-refractivity contribution < 1.29 is 0 Å². The first-order valence-electron chi connectivity index (χ1n) is 6.22. The van der Waals surface area contributed by atoms with Crippen molar-refractivity contribution >= 4 is 31.9 Å². The molecule has 0 amide bonds. The Hall–Kier alpha value is -0.650. The zero-order valence-electron chi connectivity index (χ0n) is 11.2. The van der Waals surface area contributed by atoms with Crippen molar-refractivity contribution in [3.05, 3.63) is 50.2 Å². The summed E-state index contributed by atoms with van der Waals surface area (Å²) in [5, 5.41) is 7.77. The van der Waals surface area contributed by atoms with Crippen molar-refractivity contribution in [2.45, 2.75) is 26.4 Å². The molecule has 102 valence electrons. The Morgan fingerprint density at radius 2 is 2.05 bits per heavy atom. The van der Waals surface area contributed by atoms with E-state index in [0.29, 0.717) is 0 Å². The first kappa shape index (κ1) is 14.8. The van der Waals surface area contributed by atoms with Gasteiger partial charge in [0.15, 0.2) is 0 Å². The lowest BCUT2D eigenvalue weighted by Gasteiger charge is -2.19. The number of benzene rings is 1. The van der Waals surface area contributed by atoms with Gasteiger partial charge in [0.1, 0.15) is 0 Å². The highest BCUT2D eigenvalue weighted by molar-refractivity contribution is 9.10. The number of nitrogens with one attached hydrogen (secondary N) is 1. The Balaban J connectivity index is 2.52. The van der Waals surface area contributed by atoms with Gasteiger partial charge in [0.2, 0.25) is 0 Å². The summed E-state index contributed by atoms with van der Waals surface area (Å²) in [6.07, 6.45) is 1.86. The third-order valence-electron chi connectivity index (χ3n) is 3.09. The molecule has 1 N–H and O–H groups in total. The van der Waals surface area contributed by atoms with E-state index < -0.39 is 0 Å². The quantitative estimate of drug-likeness (QED) is 0.858. The average Bonchev–Trinajstić information content (AvgIpc) is 2.71. The molecule has 2 rings (SSSR count). The third-order valence-corrected chi connectivity index (χ3v) is 4.16. The zero-order valence-corrected chi connectivity index (χ0v) is 14.4. The van der Waals surface area contributed by atoms with Crippen LogP contribution in [0.1, 0.15) is 29.8 Å². The normalized spacial score (nSPS) is 12.7. The molecular formula is C14H17Br2N3. The van der Waals surface area contributed by atoms with Gasteiger partial charge in [-0.2, -0.15) is 5.10 Å². The second kappa shape index (κ2) is 6.20. The Morgan fingerprint density at radius 1 is 1.32 bits per heavy atom. The van der Waals surface area contributed by atoms with Crippen molar-refractivity contribution in [2.75, 3.05) is 7.05 Å². The summed E-state index contributed by atoms with van der Waals surface area (Å²) >= 11 is 7.16. The monoisotopic (exact) mass is 385 g/mol. The van der Waals surface area contributed by atoms with E-state index in [1.807, 2.05) is 17.9 Å². The van der Waals surface area contributed by atoms with Crippen LogP contribution in [0.3, 0.4) is 0 Å².